The molecular weight excluding hydrogens is 458 g/mol. The first kappa shape index (κ1) is 20.9. The first-order valence-electron chi connectivity index (χ1n) is 7.58. The summed E-state index contributed by atoms with van der Waals surface area (Å²) in [5.74, 6) is -0.0536. The largest absolute Gasteiger partial charge is 0.484 e. The van der Waals surface area contributed by atoms with Gasteiger partial charge in [0.1, 0.15) is 11.5 Å². The molecule has 0 aromatic heterocycles. The fourth-order valence-electron chi connectivity index (χ4n) is 1.76. The molecule has 10 heteroatoms. The van der Waals surface area contributed by atoms with E-state index in [0.29, 0.717) is 16.5 Å². The lowest BCUT2D eigenvalue weighted by Crippen LogP contribution is -2.50. The van der Waals surface area contributed by atoms with Gasteiger partial charge in [0.25, 0.3) is 11.8 Å². The number of benzene rings is 2. The van der Waals surface area contributed by atoms with Crippen LogP contribution in [-0.4, -0.2) is 30.1 Å². The van der Waals surface area contributed by atoms with E-state index in [-0.39, 0.29) is 18.3 Å². The van der Waals surface area contributed by atoms with Gasteiger partial charge in [-0.15, -0.1) is 0 Å². The van der Waals surface area contributed by atoms with E-state index < -0.39 is 11.8 Å². The molecule has 2 aromatic rings. The van der Waals surface area contributed by atoms with E-state index in [1.54, 1.807) is 42.5 Å². The summed E-state index contributed by atoms with van der Waals surface area (Å²) >= 11 is 14.2. The van der Waals surface area contributed by atoms with Gasteiger partial charge in [0, 0.05) is 4.47 Å². The number of para-hydroxylation sites is 1. The van der Waals surface area contributed by atoms with Crippen LogP contribution in [0.1, 0.15) is 0 Å². The smallest absolute Gasteiger partial charge is 0.276 e. The highest BCUT2D eigenvalue weighted by molar-refractivity contribution is 9.10. The Morgan fingerprint density at radius 3 is 2.41 bits per heavy atom. The van der Waals surface area contributed by atoms with Crippen molar-refractivity contribution in [3.8, 4) is 11.5 Å². The third-order valence-electron chi connectivity index (χ3n) is 2.93. The number of hydrazine groups is 1. The Balaban J connectivity index is 1.65. The predicted octanol–water partition coefficient (Wildman–Crippen LogP) is 2.58. The van der Waals surface area contributed by atoms with Crippen LogP contribution in [0.4, 0.5) is 0 Å². The summed E-state index contributed by atoms with van der Waals surface area (Å²) in [7, 11) is 0. The first-order valence-corrected chi connectivity index (χ1v) is 9.16. The molecule has 0 saturated carbocycles. The van der Waals surface area contributed by atoms with Crippen molar-refractivity contribution in [2.24, 2.45) is 0 Å². The molecule has 2 rings (SSSR count). The minimum Gasteiger partial charge on any atom is -0.484 e. The van der Waals surface area contributed by atoms with Crippen LogP contribution >= 0.6 is 39.7 Å². The standard InChI is InChI=1S/C17H15BrClN3O4S/c18-11-6-7-14(13(19)8-11)26-10-16(24)21-22-17(27)20-15(23)9-25-12-4-2-1-3-5-12/h1-8H,9-10H2,(H,21,24)(H2,20,22,23,27). The van der Waals surface area contributed by atoms with E-state index in [1.165, 1.54) is 0 Å². The molecule has 2 amide bonds. The number of carbonyl (C=O) groups excluding carboxylic acids is 2. The normalized spacial score (nSPS) is 9.85. The van der Waals surface area contributed by atoms with Crippen LogP contribution in [0, 0.1) is 0 Å². The van der Waals surface area contributed by atoms with E-state index in [4.69, 9.17) is 33.3 Å². The molecule has 7 nitrogen and oxygen atoms in total. The van der Waals surface area contributed by atoms with Crippen molar-refractivity contribution in [2.45, 2.75) is 0 Å². The number of halogens is 2. The molecule has 0 heterocycles. The molecule has 2 aromatic carbocycles. The average Bonchev–Trinajstić information content (AvgIpc) is 2.65. The zero-order valence-corrected chi connectivity index (χ0v) is 17.0. The summed E-state index contributed by atoms with van der Waals surface area (Å²) in [5, 5.41) is 2.66. The molecule has 0 aliphatic rings. The van der Waals surface area contributed by atoms with Gasteiger partial charge in [-0.2, -0.15) is 0 Å². The third kappa shape index (κ3) is 7.81. The van der Waals surface area contributed by atoms with Crippen LogP contribution in [0.5, 0.6) is 11.5 Å². The Labute approximate surface area is 174 Å². The molecular formula is C17H15BrClN3O4S. The van der Waals surface area contributed by atoms with Crippen LogP contribution in [0.2, 0.25) is 5.02 Å². The number of nitrogens with one attached hydrogen (secondary N) is 3. The van der Waals surface area contributed by atoms with E-state index in [1.807, 2.05) is 6.07 Å². The topological polar surface area (TPSA) is 88.7 Å². The maximum Gasteiger partial charge on any atom is 0.276 e. The highest BCUT2D eigenvalue weighted by Crippen LogP contribution is 2.27. The Kier molecular flexibility index (Phi) is 8.31. The molecule has 3 N–H and O–H groups in total. The van der Waals surface area contributed by atoms with Crippen LogP contribution in [0.25, 0.3) is 0 Å². The van der Waals surface area contributed by atoms with Gasteiger partial charge in [-0.25, -0.2) is 0 Å². The van der Waals surface area contributed by atoms with Crippen molar-refractivity contribution >= 4 is 56.7 Å². The number of rotatable bonds is 6. The van der Waals surface area contributed by atoms with Gasteiger partial charge < -0.3 is 9.47 Å². The maximum atomic E-state index is 11.7. The molecule has 0 spiro atoms. The predicted molar refractivity (Wildman–Crippen MR) is 109 cm³/mol. The van der Waals surface area contributed by atoms with Crippen molar-refractivity contribution in [3.63, 3.8) is 0 Å². The summed E-state index contributed by atoms with van der Waals surface area (Å²) < 4.78 is 11.4. The van der Waals surface area contributed by atoms with Crippen LogP contribution < -0.4 is 25.6 Å². The van der Waals surface area contributed by atoms with Gasteiger partial charge in [0.15, 0.2) is 18.3 Å². The number of carbonyl (C=O) groups is 2. The Hall–Kier alpha value is -2.36. The van der Waals surface area contributed by atoms with Crippen molar-refractivity contribution in [1.82, 2.24) is 16.2 Å². The van der Waals surface area contributed by atoms with E-state index in [2.05, 4.69) is 32.1 Å². The van der Waals surface area contributed by atoms with Crippen LogP contribution in [0.3, 0.4) is 0 Å². The van der Waals surface area contributed by atoms with Crippen molar-refractivity contribution in [3.05, 3.63) is 58.0 Å². The molecule has 0 saturated heterocycles. The molecule has 0 radical (unpaired) electrons. The van der Waals surface area contributed by atoms with Crippen molar-refractivity contribution in [1.29, 1.82) is 0 Å². The number of ether oxygens (including phenoxy) is 2. The van der Waals surface area contributed by atoms with Crippen molar-refractivity contribution < 1.29 is 19.1 Å². The fourth-order valence-corrected chi connectivity index (χ4v) is 2.65. The second-order valence-electron chi connectivity index (χ2n) is 5.02. The van der Waals surface area contributed by atoms with Crippen LogP contribution in [0.15, 0.2) is 53.0 Å². The minimum absolute atomic E-state index is 0.0771. The SMILES string of the molecule is O=C(COc1ccc(Br)cc1Cl)NNC(=S)NC(=O)COc1ccccc1. The number of hydrogen-bond donors (Lipinski definition) is 3. The summed E-state index contributed by atoms with van der Waals surface area (Å²) in [4.78, 5) is 23.5. The van der Waals surface area contributed by atoms with Gasteiger partial charge in [-0.3, -0.25) is 25.8 Å². The lowest BCUT2D eigenvalue weighted by molar-refractivity contribution is -0.124. The molecule has 0 aliphatic heterocycles. The highest BCUT2D eigenvalue weighted by atomic mass is 79.9. The van der Waals surface area contributed by atoms with E-state index in [9.17, 15) is 9.59 Å². The highest BCUT2D eigenvalue weighted by Gasteiger charge is 2.09. The molecule has 142 valence electrons. The quantitative estimate of drug-likeness (QED) is 0.442. The number of thiocarbonyl (C=S) groups is 1. The summed E-state index contributed by atoms with van der Waals surface area (Å²) in [6.45, 7) is -0.507. The molecule has 27 heavy (non-hydrogen) atoms. The lowest BCUT2D eigenvalue weighted by atomic mass is 10.3. The first-order chi connectivity index (χ1) is 12.9. The number of hydrogen-bond acceptors (Lipinski definition) is 5. The second-order valence-corrected chi connectivity index (χ2v) is 6.75. The van der Waals surface area contributed by atoms with E-state index in [0.717, 1.165) is 4.47 Å². The zero-order chi connectivity index (χ0) is 19.6. The third-order valence-corrected chi connectivity index (χ3v) is 3.93. The Bertz CT molecular complexity index is 823. The average molecular weight is 473 g/mol. The minimum atomic E-state index is -0.508. The molecule has 0 unspecified atom stereocenters. The molecule has 0 bridgehead atoms. The van der Waals surface area contributed by atoms with Gasteiger partial charge in [0.05, 0.1) is 5.02 Å². The zero-order valence-electron chi connectivity index (χ0n) is 13.8. The summed E-state index contributed by atoms with van der Waals surface area (Å²) in [6.07, 6.45) is 0. The van der Waals surface area contributed by atoms with E-state index >= 15 is 0 Å². The molecule has 0 atom stereocenters. The van der Waals surface area contributed by atoms with Gasteiger partial charge in [0.2, 0.25) is 0 Å². The van der Waals surface area contributed by atoms with Crippen LogP contribution in [-0.2, 0) is 9.59 Å². The monoisotopic (exact) mass is 471 g/mol. The van der Waals surface area contributed by atoms with Crippen molar-refractivity contribution in [2.75, 3.05) is 13.2 Å². The van der Waals surface area contributed by atoms with Gasteiger partial charge in [-0.1, -0.05) is 45.7 Å². The molecule has 0 aliphatic carbocycles. The van der Waals surface area contributed by atoms with Gasteiger partial charge in [-0.05, 0) is 42.5 Å². The fraction of sp³-hybridized carbons (Fsp3) is 0.118. The van der Waals surface area contributed by atoms with Gasteiger partial charge >= 0.3 is 0 Å². The Morgan fingerprint density at radius 2 is 1.70 bits per heavy atom. The second kappa shape index (κ2) is 10.7. The number of amides is 2. The summed E-state index contributed by atoms with van der Waals surface area (Å²) in [5.41, 5.74) is 4.70. The molecule has 0 fully saturated rings. The summed E-state index contributed by atoms with van der Waals surface area (Å²) in [6, 6.07) is 13.9. The lowest BCUT2D eigenvalue weighted by Gasteiger charge is -2.12. The Morgan fingerprint density at radius 1 is 1.00 bits per heavy atom. The maximum absolute atomic E-state index is 11.7.